The zero-order chi connectivity index (χ0) is 16.0. The van der Waals surface area contributed by atoms with Crippen molar-refractivity contribution in [1.29, 1.82) is 0 Å². The molecule has 1 aromatic heterocycles. The minimum atomic E-state index is -1.30. The number of carbonyl (C=O) groups is 3. The van der Waals surface area contributed by atoms with Crippen LogP contribution in [0.4, 0.5) is 0 Å². The van der Waals surface area contributed by atoms with Crippen molar-refractivity contribution in [2.75, 3.05) is 5.75 Å². The normalized spacial score (nSPS) is 11.9. The first-order valence-electron chi connectivity index (χ1n) is 6.11. The van der Waals surface area contributed by atoms with Gasteiger partial charge in [0.25, 0.3) is 0 Å². The number of nitrogens with zero attached hydrogens (tertiary/aromatic N) is 1. The summed E-state index contributed by atoms with van der Waals surface area (Å²) in [6.45, 7) is 3.59. The van der Waals surface area contributed by atoms with Crippen LogP contribution in [-0.2, 0) is 20.1 Å². The van der Waals surface area contributed by atoms with Gasteiger partial charge in [-0.1, -0.05) is 5.16 Å². The van der Waals surface area contributed by atoms with Gasteiger partial charge in [0.1, 0.15) is 11.8 Å². The lowest BCUT2D eigenvalue weighted by Gasteiger charge is -2.12. The molecule has 0 aliphatic rings. The van der Waals surface area contributed by atoms with E-state index in [2.05, 4.69) is 10.5 Å². The van der Waals surface area contributed by atoms with Crippen molar-refractivity contribution in [1.82, 2.24) is 10.5 Å². The van der Waals surface area contributed by atoms with Crippen LogP contribution in [0.1, 0.15) is 23.4 Å². The fraction of sp³-hybridized carbons (Fsp3) is 0.500. The highest BCUT2D eigenvalue weighted by Gasteiger charge is 2.22. The summed E-state index contributed by atoms with van der Waals surface area (Å²) >= 11 is 1.30. The van der Waals surface area contributed by atoms with Gasteiger partial charge in [-0.05, 0) is 13.8 Å². The number of carboxylic acid groups (broad SMARTS) is 1. The van der Waals surface area contributed by atoms with Crippen LogP contribution in [0.2, 0.25) is 0 Å². The molecule has 0 fully saturated rings. The topological polar surface area (TPSA) is 136 Å². The number of thioether (sulfide) groups is 1. The Morgan fingerprint density at radius 2 is 2.10 bits per heavy atom. The number of amides is 2. The third-order valence-corrected chi connectivity index (χ3v) is 3.66. The average molecular weight is 315 g/mol. The second kappa shape index (κ2) is 7.67. The molecule has 116 valence electrons. The van der Waals surface area contributed by atoms with Crippen molar-refractivity contribution in [2.24, 2.45) is 5.73 Å². The SMILES string of the molecule is Cc1noc(C)c1CSCC(=O)N[C@H](CC(N)=O)C(=O)O. The smallest absolute Gasteiger partial charge is 0.326 e. The summed E-state index contributed by atoms with van der Waals surface area (Å²) in [5, 5.41) is 14.9. The predicted molar refractivity (Wildman–Crippen MR) is 75.5 cm³/mol. The Bertz CT molecular complexity index is 523. The van der Waals surface area contributed by atoms with Gasteiger partial charge in [0.2, 0.25) is 11.8 Å². The molecule has 0 aromatic carbocycles. The molecule has 0 saturated heterocycles. The highest BCUT2D eigenvalue weighted by molar-refractivity contribution is 7.99. The molecule has 0 bridgehead atoms. The Labute approximate surface area is 125 Å². The van der Waals surface area contributed by atoms with Gasteiger partial charge in [0, 0.05) is 11.3 Å². The minimum absolute atomic E-state index is 0.0621. The summed E-state index contributed by atoms with van der Waals surface area (Å²) < 4.78 is 5.00. The van der Waals surface area contributed by atoms with Crippen molar-refractivity contribution < 1.29 is 24.0 Å². The Kier molecular flexibility index (Phi) is 6.22. The van der Waals surface area contributed by atoms with Crippen LogP contribution >= 0.6 is 11.8 Å². The Balaban J connectivity index is 2.43. The van der Waals surface area contributed by atoms with E-state index < -0.39 is 30.2 Å². The van der Waals surface area contributed by atoms with Crippen LogP contribution in [0, 0.1) is 13.8 Å². The molecule has 0 saturated carbocycles. The van der Waals surface area contributed by atoms with E-state index in [-0.39, 0.29) is 5.75 Å². The van der Waals surface area contributed by atoms with Crippen molar-refractivity contribution in [2.45, 2.75) is 32.1 Å². The number of nitrogens with two attached hydrogens (primary N) is 1. The van der Waals surface area contributed by atoms with Gasteiger partial charge in [-0.25, -0.2) is 4.79 Å². The number of aryl methyl sites for hydroxylation is 2. The summed E-state index contributed by atoms with van der Waals surface area (Å²) in [5.74, 6) is -1.27. The number of hydrogen-bond acceptors (Lipinski definition) is 6. The minimum Gasteiger partial charge on any atom is -0.480 e. The van der Waals surface area contributed by atoms with Crippen LogP contribution in [0.25, 0.3) is 0 Å². The highest BCUT2D eigenvalue weighted by atomic mass is 32.2. The lowest BCUT2D eigenvalue weighted by molar-refractivity contribution is -0.143. The highest BCUT2D eigenvalue weighted by Crippen LogP contribution is 2.19. The molecule has 0 radical (unpaired) electrons. The van der Waals surface area contributed by atoms with Crippen molar-refractivity contribution in [3.05, 3.63) is 17.0 Å². The first-order valence-corrected chi connectivity index (χ1v) is 7.26. The summed E-state index contributed by atoms with van der Waals surface area (Å²) in [4.78, 5) is 33.2. The summed E-state index contributed by atoms with van der Waals surface area (Å²) in [7, 11) is 0. The van der Waals surface area contributed by atoms with Crippen molar-refractivity contribution >= 4 is 29.5 Å². The third-order valence-electron chi connectivity index (χ3n) is 2.70. The number of aliphatic carboxylic acids is 1. The first kappa shape index (κ1) is 17.0. The Hall–Kier alpha value is -2.03. The van der Waals surface area contributed by atoms with Crippen LogP contribution < -0.4 is 11.1 Å². The number of hydrogen-bond donors (Lipinski definition) is 3. The number of carbonyl (C=O) groups excluding carboxylic acids is 2. The van der Waals surface area contributed by atoms with E-state index >= 15 is 0 Å². The second-order valence-electron chi connectivity index (χ2n) is 4.42. The third kappa shape index (κ3) is 5.46. The summed E-state index contributed by atoms with van der Waals surface area (Å²) in [5.41, 5.74) is 6.61. The zero-order valence-electron chi connectivity index (χ0n) is 11.7. The van der Waals surface area contributed by atoms with E-state index in [0.29, 0.717) is 11.5 Å². The molecule has 2 amide bonds. The molecule has 0 aliphatic carbocycles. The van der Waals surface area contributed by atoms with Gasteiger partial charge in [-0.15, -0.1) is 11.8 Å². The maximum absolute atomic E-state index is 11.7. The molecular formula is C12H17N3O5S. The molecule has 4 N–H and O–H groups in total. The van der Waals surface area contributed by atoms with Gasteiger partial charge in [-0.2, -0.15) is 0 Å². The quantitative estimate of drug-likeness (QED) is 0.613. The number of rotatable bonds is 8. The van der Waals surface area contributed by atoms with Gasteiger partial charge in [-0.3, -0.25) is 9.59 Å². The standard InChI is InChI=1S/C12H17N3O5S/c1-6-8(7(2)20-15-6)4-21-5-11(17)14-9(12(18)19)3-10(13)16/h9H,3-5H2,1-2H3,(H2,13,16)(H,14,17)(H,18,19)/t9-/m1/s1. The molecular weight excluding hydrogens is 298 g/mol. The van der Waals surface area contributed by atoms with E-state index in [4.69, 9.17) is 15.4 Å². The molecule has 21 heavy (non-hydrogen) atoms. The summed E-state index contributed by atoms with van der Waals surface area (Å²) in [6, 6.07) is -1.30. The molecule has 0 aliphatic heterocycles. The molecule has 1 rings (SSSR count). The Morgan fingerprint density at radius 1 is 1.43 bits per heavy atom. The van der Waals surface area contributed by atoms with Crippen molar-refractivity contribution in [3.63, 3.8) is 0 Å². The van der Waals surface area contributed by atoms with E-state index in [9.17, 15) is 14.4 Å². The zero-order valence-corrected chi connectivity index (χ0v) is 12.5. The fourth-order valence-electron chi connectivity index (χ4n) is 1.59. The van der Waals surface area contributed by atoms with Crippen LogP contribution in [0.3, 0.4) is 0 Å². The number of carboxylic acids is 1. The first-order chi connectivity index (χ1) is 9.81. The molecule has 1 heterocycles. The fourth-order valence-corrected chi connectivity index (χ4v) is 2.58. The number of aromatic nitrogens is 1. The number of primary amides is 1. The number of nitrogens with one attached hydrogen (secondary N) is 1. The Morgan fingerprint density at radius 3 is 2.57 bits per heavy atom. The molecule has 0 unspecified atom stereocenters. The average Bonchev–Trinajstić information content (AvgIpc) is 2.69. The van der Waals surface area contributed by atoms with E-state index in [0.717, 1.165) is 11.3 Å². The summed E-state index contributed by atoms with van der Waals surface area (Å²) in [6.07, 6.45) is -0.435. The van der Waals surface area contributed by atoms with E-state index in [1.165, 1.54) is 11.8 Å². The predicted octanol–water partition coefficient (Wildman–Crippen LogP) is -0.0306. The monoisotopic (exact) mass is 315 g/mol. The second-order valence-corrected chi connectivity index (χ2v) is 5.41. The van der Waals surface area contributed by atoms with Gasteiger partial charge in [0.15, 0.2) is 0 Å². The maximum Gasteiger partial charge on any atom is 0.326 e. The van der Waals surface area contributed by atoms with Crippen LogP contribution in [-0.4, -0.2) is 39.8 Å². The largest absolute Gasteiger partial charge is 0.480 e. The molecule has 9 heteroatoms. The van der Waals surface area contributed by atoms with E-state index in [1.54, 1.807) is 13.8 Å². The van der Waals surface area contributed by atoms with E-state index in [1.807, 2.05) is 0 Å². The van der Waals surface area contributed by atoms with Crippen LogP contribution in [0.5, 0.6) is 0 Å². The van der Waals surface area contributed by atoms with Gasteiger partial charge < -0.3 is 20.7 Å². The lowest BCUT2D eigenvalue weighted by atomic mass is 10.2. The van der Waals surface area contributed by atoms with Crippen molar-refractivity contribution in [3.8, 4) is 0 Å². The molecule has 0 spiro atoms. The van der Waals surface area contributed by atoms with Gasteiger partial charge in [0.05, 0.1) is 17.9 Å². The van der Waals surface area contributed by atoms with Gasteiger partial charge >= 0.3 is 5.97 Å². The maximum atomic E-state index is 11.7. The molecule has 1 atom stereocenters. The molecule has 1 aromatic rings. The van der Waals surface area contributed by atoms with Crippen LogP contribution in [0.15, 0.2) is 4.52 Å². The molecule has 8 nitrogen and oxygen atoms in total. The lowest BCUT2D eigenvalue weighted by Crippen LogP contribution is -2.44.